The molecule has 1 heterocycles. The molecule has 3 rings (SSSR count). The summed E-state index contributed by atoms with van der Waals surface area (Å²) in [5.74, 6) is -0.342. The molecule has 0 aliphatic heterocycles. The van der Waals surface area contributed by atoms with Gasteiger partial charge in [0.05, 0.1) is 4.92 Å². The molecule has 1 aliphatic rings. The van der Waals surface area contributed by atoms with E-state index in [9.17, 15) is 28.1 Å². The fourth-order valence-corrected chi connectivity index (χ4v) is 3.05. The lowest BCUT2D eigenvalue weighted by Crippen LogP contribution is -2.26. The highest BCUT2D eigenvalue weighted by molar-refractivity contribution is 5.96. The predicted molar refractivity (Wildman–Crippen MR) is 94.0 cm³/mol. The van der Waals surface area contributed by atoms with Crippen LogP contribution in [0, 0.1) is 17.0 Å². The Morgan fingerprint density at radius 2 is 2.11 bits per heavy atom. The van der Waals surface area contributed by atoms with E-state index in [1.54, 1.807) is 0 Å². The molecule has 10 heteroatoms. The smallest absolute Gasteiger partial charge is 0.352 e. The number of alkyl halides is 3. The minimum atomic E-state index is -4.48. The molecule has 1 saturated carbocycles. The highest BCUT2D eigenvalue weighted by atomic mass is 19.4. The zero-order valence-electron chi connectivity index (χ0n) is 15.1. The van der Waals surface area contributed by atoms with E-state index < -0.39 is 22.7 Å². The summed E-state index contributed by atoms with van der Waals surface area (Å²) >= 11 is 0. The standard InChI is InChI=1S/C18H19F3N4O3/c1-11-13(4-2-5-14(11)25(27)28)17(26)22-8-3-9-24-15(12-6-7-12)10-16(23-24)18(19,20)21/h2,4-5,10,12H,3,6-9H2,1H3,(H,22,26). The molecular weight excluding hydrogens is 377 g/mol. The number of nitro groups is 1. The average molecular weight is 396 g/mol. The van der Waals surface area contributed by atoms with Crippen LogP contribution in [0.3, 0.4) is 0 Å². The van der Waals surface area contributed by atoms with Gasteiger partial charge in [0.1, 0.15) is 0 Å². The van der Waals surface area contributed by atoms with Gasteiger partial charge < -0.3 is 5.32 Å². The first-order valence-electron chi connectivity index (χ1n) is 8.85. The van der Waals surface area contributed by atoms with Crippen molar-refractivity contribution in [2.45, 2.75) is 44.8 Å². The Hall–Kier alpha value is -2.91. The van der Waals surface area contributed by atoms with Crippen molar-refractivity contribution in [1.82, 2.24) is 15.1 Å². The summed E-state index contributed by atoms with van der Waals surface area (Å²) in [6.45, 7) is 1.96. The SMILES string of the molecule is Cc1c(C(=O)NCCCn2nc(C(F)(F)F)cc2C2CC2)cccc1[N+](=O)[O-]. The number of nitro benzene ring substituents is 1. The van der Waals surface area contributed by atoms with Crippen LogP contribution in [-0.2, 0) is 12.7 Å². The fraction of sp³-hybridized carbons (Fsp3) is 0.444. The van der Waals surface area contributed by atoms with Gasteiger partial charge in [-0.05, 0) is 38.3 Å². The Labute approximate surface area is 158 Å². The number of hydrogen-bond acceptors (Lipinski definition) is 4. The summed E-state index contributed by atoms with van der Waals surface area (Å²) in [5, 5.41) is 17.3. The molecule has 1 fully saturated rings. The first-order chi connectivity index (χ1) is 13.2. The fourth-order valence-electron chi connectivity index (χ4n) is 3.05. The molecule has 1 aliphatic carbocycles. The van der Waals surface area contributed by atoms with Crippen molar-refractivity contribution >= 4 is 11.6 Å². The monoisotopic (exact) mass is 396 g/mol. The van der Waals surface area contributed by atoms with Gasteiger partial charge in [0.25, 0.3) is 11.6 Å². The normalized spacial score (nSPS) is 14.1. The molecule has 1 N–H and O–H groups in total. The van der Waals surface area contributed by atoms with Gasteiger partial charge in [0.2, 0.25) is 0 Å². The van der Waals surface area contributed by atoms with Gasteiger partial charge in [0, 0.05) is 41.9 Å². The molecule has 0 saturated heterocycles. The maximum Gasteiger partial charge on any atom is 0.435 e. The summed E-state index contributed by atoms with van der Waals surface area (Å²) in [5.41, 5.74) is 0.00557. The van der Waals surface area contributed by atoms with Crippen molar-refractivity contribution in [1.29, 1.82) is 0 Å². The van der Waals surface area contributed by atoms with Crippen molar-refractivity contribution in [3.05, 3.63) is 56.9 Å². The number of amides is 1. The highest BCUT2D eigenvalue weighted by Crippen LogP contribution is 2.42. The van der Waals surface area contributed by atoms with E-state index in [2.05, 4.69) is 10.4 Å². The largest absolute Gasteiger partial charge is 0.435 e. The Morgan fingerprint density at radius 3 is 2.71 bits per heavy atom. The van der Waals surface area contributed by atoms with Gasteiger partial charge in [0.15, 0.2) is 5.69 Å². The molecule has 1 aromatic heterocycles. The van der Waals surface area contributed by atoms with Crippen LogP contribution in [0.5, 0.6) is 0 Å². The Kier molecular flexibility index (Phi) is 5.39. The summed E-state index contributed by atoms with van der Waals surface area (Å²) in [7, 11) is 0. The number of hydrogen-bond donors (Lipinski definition) is 1. The molecule has 7 nitrogen and oxygen atoms in total. The molecule has 2 aromatic rings. The maximum absolute atomic E-state index is 12.9. The Balaban J connectivity index is 1.59. The van der Waals surface area contributed by atoms with Crippen molar-refractivity contribution in [3.8, 4) is 0 Å². The van der Waals surface area contributed by atoms with E-state index in [-0.39, 0.29) is 35.8 Å². The molecular formula is C18H19F3N4O3. The molecule has 1 aromatic carbocycles. The van der Waals surface area contributed by atoms with Crippen LogP contribution in [0.25, 0.3) is 0 Å². The molecule has 0 spiro atoms. The Bertz CT molecular complexity index is 904. The maximum atomic E-state index is 12.9. The van der Waals surface area contributed by atoms with Crippen molar-refractivity contribution in [3.63, 3.8) is 0 Å². The number of halogens is 3. The first-order valence-corrected chi connectivity index (χ1v) is 8.85. The molecule has 0 radical (unpaired) electrons. The summed E-state index contributed by atoms with van der Waals surface area (Å²) in [4.78, 5) is 22.7. The number of rotatable bonds is 7. The number of benzene rings is 1. The summed E-state index contributed by atoms with van der Waals surface area (Å²) < 4.78 is 40.0. The Morgan fingerprint density at radius 1 is 1.39 bits per heavy atom. The van der Waals surface area contributed by atoms with Crippen LogP contribution in [0.4, 0.5) is 18.9 Å². The topological polar surface area (TPSA) is 90.1 Å². The van der Waals surface area contributed by atoms with Gasteiger partial charge in [-0.3, -0.25) is 19.6 Å². The molecule has 150 valence electrons. The van der Waals surface area contributed by atoms with Gasteiger partial charge in [-0.1, -0.05) is 6.07 Å². The van der Waals surface area contributed by atoms with Crippen molar-refractivity contribution in [2.24, 2.45) is 0 Å². The molecule has 28 heavy (non-hydrogen) atoms. The van der Waals surface area contributed by atoms with Crippen LogP contribution >= 0.6 is 0 Å². The van der Waals surface area contributed by atoms with Gasteiger partial charge in [-0.15, -0.1) is 0 Å². The third-order valence-electron chi connectivity index (χ3n) is 4.68. The second-order valence-electron chi connectivity index (χ2n) is 6.77. The quantitative estimate of drug-likeness (QED) is 0.438. The van der Waals surface area contributed by atoms with Crippen LogP contribution in [0.2, 0.25) is 0 Å². The number of carbonyl (C=O) groups excluding carboxylic acids is 1. The number of aryl methyl sites for hydroxylation is 1. The lowest BCUT2D eigenvalue weighted by atomic mass is 10.1. The van der Waals surface area contributed by atoms with E-state index in [0.717, 1.165) is 18.9 Å². The molecule has 0 atom stereocenters. The number of nitrogens with one attached hydrogen (secondary N) is 1. The predicted octanol–water partition coefficient (Wildman–Crippen LogP) is 3.82. The van der Waals surface area contributed by atoms with Crippen LogP contribution < -0.4 is 5.32 Å². The van der Waals surface area contributed by atoms with E-state index in [4.69, 9.17) is 0 Å². The number of aromatic nitrogens is 2. The third kappa shape index (κ3) is 4.32. The van der Waals surface area contributed by atoms with Crippen LogP contribution in [-0.4, -0.2) is 27.2 Å². The van der Waals surface area contributed by atoms with Crippen molar-refractivity contribution in [2.75, 3.05) is 6.54 Å². The highest BCUT2D eigenvalue weighted by Gasteiger charge is 2.37. The molecule has 0 unspecified atom stereocenters. The van der Waals surface area contributed by atoms with Gasteiger partial charge >= 0.3 is 6.18 Å². The zero-order chi connectivity index (χ0) is 20.5. The van der Waals surface area contributed by atoms with E-state index in [1.807, 2.05) is 0 Å². The van der Waals surface area contributed by atoms with Crippen LogP contribution in [0.1, 0.15) is 52.5 Å². The minimum absolute atomic E-state index is 0.116. The second-order valence-corrected chi connectivity index (χ2v) is 6.77. The van der Waals surface area contributed by atoms with Crippen molar-refractivity contribution < 1.29 is 22.9 Å². The summed E-state index contributed by atoms with van der Waals surface area (Å²) in [6, 6.07) is 5.35. The zero-order valence-corrected chi connectivity index (χ0v) is 15.1. The van der Waals surface area contributed by atoms with E-state index >= 15 is 0 Å². The second kappa shape index (κ2) is 7.61. The first kappa shape index (κ1) is 19.8. The van der Waals surface area contributed by atoms with Gasteiger partial charge in [-0.25, -0.2) is 0 Å². The molecule has 1 amide bonds. The number of nitrogens with zero attached hydrogens (tertiary/aromatic N) is 3. The molecule has 0 bridgehead atoms. The minimum Gasteiger partial charge on any atom is -0.352 e. The summed E-state index contributed by atoms with van der Waals surface area (Å²) in [6.07, 6.45) is -2.39. The number of carbonyl (C=O) groups is 1. The van der Waals surface area contributed by atoms with Gasteiger partial charge in [-0.2, -0.15) is 18.3 Å². The lowest BCUT2D eigenvalue weighted by molar-refractivity contribution is -0.385. The van der Waals surface area contributed by atoms with Crippen LogP contribution in [0.15, 0.2) is 24.3 Å². The van der Waals surface area contributed by atoms with E-state index in [1.165, 1.54) is 29.8 Å². The lowest BCUT2D eigenvalue weighted by Gasteiger charge is -2.09. The van der Waals surface area contributed by atoms with E-state index in [0.29, 0.717) is 12.1 Å². The third-order valence-corrected chi connectivity index (χ3v) is 4.68. The average Bonchev–Trinajstić information content (AvgIpc) is 3.36.